The number of quaternary nitrogens is 1. The number of hydrogen-bond acceptors (Lipinski definition) is 14. The molecule has 0 aliphatic carbocycles. The van der Waals surface area contributed by atoms with Crippen molar-refractivity contribution in [2.24, 2.45) is 0 Å². The van der Waals surface area contributed by atoms with Crippen molar-refractivity contribution in [3.05, 3.63) is 27.9 Å². The molecule has 1 aromatic rings. The average molecular weight is 809 g/mol. The van der Waals surface area contributed by atoms with Gasteiger partial charge in [-0.25, -0.2) is 4.98 Å². The van der Waals surface area contributed by atoms with Crippen molar-refractivity contribution >= 4 is 54.8 Å². The molecule has 1 heterocycles. The monoisotopic (exact) mass is 808 g/mol. The van der Waals surface area contributed by atoms with Crippen molar-refractivity contribution in [3.8, 4) is 37.0 Å². The van der Waals surface area contributed by atoms with Gasteiger partial charge in [-0.15, -0.1) is 31.0 Å². The number of amides is 5. The van der Waals surface area contributed by atoms with Crippen molar-refractivity contribution in [3.63, 3.8) is 0 Å². The number of nitro groups is 1. The Hall–Kier alpha value is -5.04. The fourth-order valence-electron chi connectivity index (χ4n) is 4.05. The third-order valence-electron chi connectivity index (χ3n) is 6.85. The third-order valence-corrected chi connectivity index (χ3v) is 8.55. The van der Waals surface area contributed by atoms with E-state index in [1.807, 2.05) is 21.1 Å². The molecule has 5 amide bonds. The van der Waals surface area contributed by atoms with Gasteiger partial charge >= 0.3 is 5.69 Å². The molecule has 0 spiro atoms. The maximum atomic E-state index is 13.2. The zero-order valence-electron chi connectivity index (χ0n) is 31.0. The summed E-state index contributed by atoms with van der Waals surface area (Å²) in [4.78, 5) is 93.2. The van der Waals surface area contributed by atoms with Crippen LogP contribution in [0.3, 0.4) is 0 Å². The molecule has 20 nitrogen and oxygen atoms in total. The Kier molecular flexibility index (Phi) is 21.3. The molecular weight excluding hydrogens is 763 g/mol. The first-order chi connectivity index (χ1) is 25.9. The zero-order valence-corrected chi connectivity index (χ0v) is 32.7. The number of pyridine rings is 1. The largest absolute Gasteiger partial charge is 0.756 e. The number of nitrogens with one attached hydrogen (secondary N) is 2. The molecule has 0 aliphatic heterocycles. The Morgan fingerprint density at radius 1 is 0.909 bits per heavy atom. The predicted molar refractivity (Wildman–Crippen MR) is 197 cm³/mol. The zero-order chi connectivity index (χ0) is 41.6. The molecule has 1 atom stereocenters. The minimum Gasteiger partial charge on any atom is -0.756 e. The molecule has 0 aliphatic rings. The number of rotatable bonds is 25. The maximum absolute atomic E-state index is 13.2. The molecule has 1 aromatic heterocycles. The second-order valence-electron chi connectivity index (χ2n) is 12.2. The highest BCUT2D eigenvalue weighted by Crippen LogP contribution is 2.37. The van der Waals surface area contributed by atoms with Crippen LogP contribution in [0.4, 0.5) is 5.69 Å². The molecule has 2 N–H and O–H groups in total. The standard InChI is InChI=1S/C33H45N8O12PS/c1-8-13-37(16-18-52-54(49,50)53-19-17-41(4,5)6)29(43)22-38(14-9-2)30(44)23-39(15-10-3)31(45)25-51-24-28(42)34-11-12-35-32(46)26-20-27(40(47)48)33(55-7)36-21-26/h1-3,20-21H,11-19,22-25H2,4-7H3,(H2-,34,35,42,46,49,50). The van der Waals surface area contributed by atoms with Gasteiger partial charge in [-0.05, 0) is 6.26 Å². The van der Waals surface area contributed by atoms with Crippen molar-refractivity contribution in [1.82, 2.24) is 30.3 Å². The van der Waals surface area contributed by atoms with Crippen LogP contribution in [-0.2, 0) is 37.5 Å². The molecule has 0 aromatic carbocycles. The van der Waals surface area contributed by atoms with E-state index in [0.29, 0.717) is 11.0 Å². The highest BCUT2D eigenvalue weighted by Gasteiger charge is 2.25. The van der Waals surface area contributed by atoms with Gasteiger partial charge < -0.3 is 48.5 Å². The second-order valence-corrected chi connectivity index (χ2v) is 14.4. The predicted octanol–water partition coefficient (Wildman–Crippen LogP) is -1.83. The number of carbonyl (C=O) groups excluding carboxylic acids is 5. The highest BCUT2D eigenvalue weighted by atomic mass is 32.2. The molecule has 22 heteroatoms. The molecule has 1 unspecified atom stereocenters. The van der Waals surface area contributed by atoms with Crippen LogP contribution >= 0.6 is 19.6 Å². The van der Waals surface area contributed by atoms with Gasteiger partial charge in [0.15, 0.2) is 5.03 Å². The van der Waals surface area contributed by atoms with E-state index in [2.05, 4.69) is 33.4 Å². The summed E-state index contributed by atoms with van der Waals surface area (Å²) in [5.41, 5.74) is -0.359. The normalized spacial score (nSPS) is 11.8. The van der Waals surface area contributed by atoms with E-state index in [1.165, 1.54) is 6.20 Å². The van der Waals surface area contributed by atoms with E-state index in [-0.39, 0.29) is 62.2 Å². The number of terminal acetylenes is 3. The Morgan fingerprint density at radius 2 is 1.45 bits per heavy atom. The third kappa shape index (κ3) is 19.2. The molecule has 0 saturated carbocycles. The number of aromatic nitrogens is 1. The highest BCUT2D eigenvalue weighted by molar-refractivity contribution is 7.98. The lowest BCUT2D eigenvalue weighted by Gasteiger charge is -2.29. The van der Waals surface area contributed by atoms with Crippen LogP contribution in [0.1, 0.15) is 10.4 Å². The van der Waals surface area contributed by atoms with Gasteiger partial charge in [-0.2, -0.15) is 0 Å². The maximum Gasteiger partial charge on any atom is 0.302 e. The smallest absolute Gasteiger partial charge is 0.302 e. The summed E-state index contributed by atoms with van der Waals surface area (Å²) < 4.78 is 27.4. The number of phosphoric ester groups is 1. The van der Waals surface area contributed by atoms with Crippen LogP contribution < -0.4 is 15.5 Å². The number of ether oxygens (including phenoxy) is 1. The first kappa shape index (κ1) is 48.0. The van der Waals surface area contributed by atoms with E-state index in [1.54, 1.807) is 6.26 Å². The Morgan fingerprint density at radius 3 is 2.02 bits per heavy atom. The quantitative estimate of drug-likeness (QED) is 0.0210. The minimum atomic E-state index is -4.67. The molecule has 55 heavy (non-hydrogen) atoms. The number of likely N-dealkylation sites (N-methyl/N-ethyl adjacent to an activating group) is 1. The van der Waals surface area contributed by atoms with E-state index < -0.39 is 75.2 Å². The lowest BCUT2D eigenvalue weighted by Crippen LogP contribution is -2.48. The van der Waals surface area contributed by atoms with Crippen LogP contribution in [0.2, 0.25) is 0 Å². The summed E-state index contributed by atoms with van der Waals surface area (Å²) >= 11 is 1.06. The SMILES string of the molecule is C#CCN(CCOP(=O)([O-])OCC[N+](C)(C)C)C(=O)CN(CC#C)C(=O)CN(CC#C)C(=O)COCC(=O)NCCNC(=O)c1cnc(SC)c([N+](=O)[O-])c1. The van der Waals surface area contributed by atoms with Gasteiger partial charge in [0.25, 0.3) is 13.7 Å². The van der Waals surface area contributed by atoms with Gasteiger partial charge in [0.1, 0.15) is 39.5 Å². The van der Waals surface area contributed by atoms with Crippen LogP contribution in [0.25, 0.3) is 0 Å². The topological polar surface area (TPSA) is 243 Å². The lowest BCUT2D eigenvalue weighted by molar-refractivity contribution is -0.870. The number of phosphoric acid groups is 1. The van der Waals surface area contributed by atoms with Gasteiger partial charge in [0.05, 0.1) is 57.9 Å². The average Bonchev–Trinajstić information content (AvgIpc) is 3.11. The second kappa shape index (κ2) is 24.4. The fraction of sp³-hybridized carbons (Fsp3) is 0.515. The molecular formula is C33H45N8O12PS. The summed E-state index contributed by atoms with van der Waals surface area (Å²) in [6.07, 6.45) is 19.0. The van der Waals surface area contributed by atoms with Crippen LogP contribution in [0.5, 0.6) is 0 Å². The van der Waals surface area contributed by atoms with E-state index in [4.69, 9.17) is 33.1 Å². The minimum absolute atomic E-state index is 0.0406. The first-order valence-electron chi connectivity index (χ1n) is 16.2. The van der Waals surface area contributed by atoms with E-state index >= 15 is 0 Å². The van der Waals surface area contributed by atoms with Gasteiger partial charge in [0, 0.05) is 31.9 Å². The van der Waals surface area contributed by atoms with Gasteiger partial charge in [0.2, 0.25) is 23.6 Å². The van der Waals surface area contributed by atoms with Crippen molar-refractivity contribution in [1.29, 1.82) is 0 Å². The fourth-order valence-corrected chi connectivity index (χ4v) is 5.23. The van der Waals surface area contributed by atoms with Crippen molar-refractivity contribution in [2.75, 3.05) is 113 Å². The summed E-state index contributed by atoms with van der Waals surface area (Å²) in [5, 5.41) is 16.3. The van der Waals surface area contributed by atoms with E-state index in [9.17, 15) is 43.5 Å². The number of carbonyl (C=O) groups is 5. The molecule has 0 saturated heterocycles. The van der Waals surface area contributed by atoms with Crippen molar-refractivity contribution in [2.45, 2.75) is 5.03 Å². The first-order valence-corrected chi connectivity index (χ1v) is 18.9. The summed E-state index contributed by atoms with van der Waals surface area (Å²) in [6, 6.07) is 1.10. The van der Waals surface area contributed by atoms with Gasteiger partial charge in [-0.1, -0.05) is 17.8 Å². The Balaban J connectivity index is 2.64. The van der Waals surface area contributed by atoms with Crippen LogP contribution in [-0.4, -0.2) is 171 Å². The molecule has 0 bridgehead atoms. The van der Waals surface area contributed by atoms with Gasteiger partial charge in [-0.3, -0.25) is 38.7 Å². The number of thioether (sulfide) groups is 1. The molecule has 0 fully saturated rings. The molecule has 1 rings (SSSR count). The Labute approximate surface area is 323 Å². The Bertz CT molecular complexity index is 1700. The summed E-state index contributed by atoms with van der Waals surface area (Å²) in [7, 11) is 0.887. The molecule has 300 valence electrons. The number of hydrogen-bond donors (Lipinski definition) is 2. The van der Waals surface area contributed by atoms with E-state index in [0.717, 1.165) is 32.5 Å². The summed E-state index contributed by atoms with van der Waals surface area (Å²) in [6.45, 7) is -3.85. The van der Waals surface area contributed by atoms with Crippen molar-refractivity contribution < 1.29 is 56.6 Å². The number of nitrogens with zero attached hydrogens (tertiary/aromatic N) is 6. The summed E-state index contributed by atoms with van der Waals surface area (Å²) in [5.74, 6) is 3.28. The lowest BCUT2D eigenvalue weighted by atomic mass is 10.2. The molecule has 0 radical (unpaired) electrons. The van der Waals surface area contributed by atoms with Crippen LogP contribution in [0, 0.1) is 47.1 Å². The van der Waals surface area contributed by atoms with Crippen LogP contribution in [0.15, 0.2) is 17.3 Å².